The minimum atomic E-state index is -0.774. The summed E-state index contributed by atoms with van der Waals surface area (Å²) in [6, 6.07) is 3.34. The highest BCUT2D eigenvalue weighted by Crippen LogP contribution is 2.36. The molecule has 27 heavy (non-hydrogen) atoms. The van der Waals surface area contributed by atoms with Gasteiger partial charge >= 0.3 is 6.09 Å². The Hall–Kier alpha value is -2.46. The summed E-state index contributed by atoms with van der Waals surface area (Å²) in [6.45, 7) is 1.89. The second kappa shape index (κ2) is 8.05. The molecule has 2 aromatic rings. The van der Waals surface area contributed by atoms with Gasteiger partial charge in [0.25, 0.3) is 0 Å². The van der Waals surface area contributed by atoms with Crippen LogP contribution in [0.15, 0.2) is 18.3 Å². The number of fused-ring (bicyclic) bond motifs is 1. The van der Waals surface area contributed by atoms with Crippen LogP contribution < -0.4 is 9.62 Å². The summed E-state index contributed by atoms with van der Waals surface area (Å²) in [6.07, 6.45) is 1.64. The second-order valence-electron chi connectivity index (χ2n) is 5.78. The standard InChI is InChI=1S/C17H18N4O4S2/c1-3-25-17(24)21(26)16-20-11-6-5-10(14(23)15(11)27-16)13(22)9-4-7-12(18-2)19-8-9/h4,7-8,10,26H,3,5-6H2,1-2H3,(H,18,19). The first-order valence-corrected chi connectivity index (χ1v) is 9.55. The molecule has 1 amide bonds. The number of ether oxygens (including phenoxy) is 1. The van der Waals surface area contributed by atoms with Crippen LogP contribution in [0, 0.1) is 5.92 Å². The van der Waals surface area contributed by atoms with Gasteiger partial charge in [0.1, 0.15) is 5.82 Å². The van der Waals surface area contributed by atoms with Crippen molar-refractivity contribution >= 4 is 52.8 Å². The molecule has 2 aromatic heterocycles. The van der Waals surface area contributed by atoms with Crippen LogP contribution in [-0.4, -0.2) is 41.3 Å². The molecule has 0 radical (unpaired) electrons. The number of hydrogen-bond acceptors (Lipinski definition) is 9. The third-order valence-electron chi connectivity index (χ3n) is 4.14. The van der Waals surface area contributed by atoms with E-state index in [2.05, 4.69) is 28.1 Å². The molecule has 1 aliphatic carbocycles. The third-order valence-corrected chi connectivity index (χ3v) is 5.72. The molecule has 2 heterocycles. The van der Waals surface area contributed by atoms with E-state index < -0.39 is 12.0 Å². The van der Waals surface area contributed by atoms with Gasteiger partial charge in [-0.1, -0.05) is 24.2 Å². The van der Waals surface area contributed by atoms with Crippen LogP contribution in [0.4, 0.5) is 15.7 Å². The first-order valence-electron chi connectivity index (χ1n) is 8.34. The van der Waals surface area contributed by atoms with Gasteiger partial charge in [-0.2, -0.15) is 4.31 Å². The minimum Gasteiger partial charge on any atom is -0.449 e. The predicted octanol–water partition coefficient (Wildman–Crippen LogP) is 3.02. The quantitative estimate of drug-likeness (QED) is 0.447. The van der Waals surface area contributed by atoms with Crippen LogP contribution >= 0.6 is 24.2 Å². The van der Waals surface area contributed by atoms with E-state index in [1.54, 1.807) is 26.1 Å². The number of thiazole rings is 1. The number of hydrogen-bond donors (Lipinski definition) is 2. The van der Waals surface area contributed by atoms with Crippen LogP contribution in [0.5, 0.6) is 0 Å². The van der Waals surface area contributed by atoms with Gasteiger partial charge in [-0.15, -0.1) is 0 Å². The molecule has 0 spiro atoms. The summed E-state index contributed by atoms with van der Waals surface area (Å²) < 4.78 is 5.85. The largest absolute Gasteiger partial charge is 0.449 e. The Morgan fingerprint density at radius 3 is 2.85 bits per heavy atom. The third kappa shape index (κ3) is 3.81. The number of anilines is 2. The van der Waals surface area contributed by atoms with E-state index in [0.717, 1.165) is 15.6 Å². The van der Waals surface area contributed by atoms with E-state index >= 15 is 0 Å². The van der Waals surface area contributed by atoms with Crippen LogP contribution in [0.1, 0.15) is 39.1 Å². The zero-order chi connectivity index (χ0) is 19.6. The van der Waals surface area contributed by atoms with E-state index in [1.165, 1.54) is 6.20 Å². The fourth-order valence-corrected chi connectivity index (χ4v) is 4.00. The lowest BCUT2D eigenvalue weighted by atomic mass is 9.84. The van der Waals surface area contributed by atoms with Crippen LogP contribution in [0.3, 0.4) is 0 Å². The number of aryl methyl sites for hydroxylation is 1. The van der Waals surface area contributed by atoms with E-state index in [0.29, 0.717) is 34.8 Å². The number of ketones is 2. The number of nitrogens with one attached hydrogen (secondary N) is 1. The van der Waals surface area contributed by atoms with Gasteiger partial charge in [0.05, 0.1) is 23.1 Å². The van der Waals surface area contributed by atoms with E-state index in [4.69, 9.17) is 4.74 Å². The van der Waals surface area contributed by atoms with Gasteiger partial charge in [0.15, 0.2) is 11.6 Å². The van der Waals surface area contributed by atoms with Crippen molar-refractivity contribution in [2.24, 2.45) is 5.92 Å². The monoisotopic (exact) mass is 406 g/mol. The number of pyridine rings is 1. The summed E-state index contributed by atoms with van der Waals surface area (Å²) in [5, 5.41) is 3.13. The number of Topliss-reactive ketones (excluding diaryl/α,β-unsaturated/α-hetero) is 2. The Bertz CT molecular complexity index is 882. The Morgan fingerprint density at radius 1 is 1.44 bits per heavy atom. The minimum absolute atomic E-state index is 0.205. The molecule has 0 fully saturated rings. The summed E-state index contributed by atoms with van der Waals surface area (Å²) in [7, 11) is 1.73. The zero-order valence-corrected chi connectivity index (χ0v) is 16.5. The van der Waals surface area contributed by atoms with Gasteiger partial charge in [-0.05, 0) is 31.9 Å². The lowest BCUT2D eigenvalue weighted by molar-refractivity contribution is 0.0792. The molecule has 10 heteroatoms. The number of carbonyl (C=O) groups excluding carboxylic acids is 3. The molecular weight excluding hydrogens is 388 g/mol. The fraction of sp³-hybridized carbons (Fsp3) is 0.353. The van der Waals surface area contributed by atoms with Gasteiger partial charge in [0, 0.05) is 18.8 Å². The van der Waals surface area contributed by atoms with Crippen molar-refractivity contribution in [3.8, 4) is 0 Å². The first-order chi connectivity index (χ1) is 13.0. The summed E-state index contributed by atoms with van der Waals surface area (Å²) in [4.78, 5) is 46.2. The van der Waals surface area contributed by atoms with Crippen LogP contribution in [0.25, 0.3) is 0 Å². The SMILES string of the molecule is CCOC(=O)N(S)c1nc2c(s1)C(=O)C(C(=O)c1ccc(NC)nc1)CC2. The van der Waals surface area contributed by atoms with Crippen molar-refractivity contribution in [1.82, 2.24) is 9.97 Å². The van der Waals surface area contributed by atoms with Crippen molar-refractivity contribution in [2.45, 2.75) is 19.8 Å². The topological polar surface area (TPSA) is 101 Å². The maximum atomic E-state index is 12.8. The Labute approximate surface area is 165 Å². The van der Waals surface area contributed by atoms with Gasteiger partial charge in [-0.3, -0.25) is 9.59 Å². The average Bonchev–Trinajstić information content (AvgIpc) is 3.12. The van der Waals surface area contributed by atoms with Crippen molar-refractivity contribution in [3.05, 3.63) is 34.5 Å². The molecule has 0 saturated carbocycles. The van der Waals surface area contributed by atoms with E-state index in [9.17, 15) is 14.4 Å². The van der Waals surface area contributed by atoms with Crippen molar-refractivity contribution in [2.75, 3.05) is 23.3 Å². The highest BCUT2D eigenvalue weighted by Gasteiger charge is 2.36. The Kier molecular flexibility index (Phi) is 5.76. The second-order valence-corrected chi connectivity index (χ2v) is 7.16. The molecule has 0 aliphatic heterocycles. The molecule has 1 unspecified atom stereocenters. The molecular formula is C17H18N4O4S2. The molecule has 0 bridgehead atoms. The number of rotatable bonds is 5. The lowest BCUT2D eigenvalue weighted by Crippen LogP contribution is -2.29. The number of amides is 1. The molecule has 0 saturated heterocycles. The maximum absolute atomic E-state index is 12.8. The number of nitrogens with zero attached hydrogens (tertiary/aromatic N) is 3. The van der Waals surface area contributed by atoms with Crippen molar-refractivity contribution < 1.29 is 19.1 Å². The highest BCUT2D eigenvalue weighted by molar-refractivity contribution is 7.83. The summed E-state index contributed by atoms with van der Waals surface area (Å²) in [5.74, 6) is -0.676. The molecule has 1 N–H and O–H groups in total. The lowest BCUT2D eigenvalue weighted by Gasteiger charge is -2.18. The molecule has 142 valence electrons. The smallest absolute Gasteiger partial charge is 0.426 e. The number of carbonyl (C=O) groups is 3. The normalized spacial score (nSPS) is 15.8. The summed E-state index contributed by atoms with van der Waals surface area (Å²) in [5.41, 5.74) is 0.971. The van der Waals surface area contributed by atoms with Gasteiger partial charge in [-0.25, -0.2) is 14.8 Å². The van der Waals surface area contributed by atoms with Crippen molar-refractivity contribution in [1.29, 1.82) is 0 Å². The molecule has 3 rings (SSSR count). The highest BCUT2D eigenvalue weighted by atomic mass is 32.1. The molecule has 1 aliphatic rings. The van der Waals surface area contributed by atoms with E-state index in [1.807, 2.05) is 0 Å². The maximum Gasteiger partial charge on any atom is 0.426 e. The summed E-state index contributed by atoms with van der Waals surface area (Å²) >= 11 is 5.13. The van der Waals surface area contributed by atoms with Crippen LogP contribution in [-0.2, 0) is 11.2 Å². The van der Waals surface area contributed by atoms with Gasteiger partial charge in [0.2, 0.25) is 5.13 Å². The molecule has 1 atom stereocenters. The first kappa shape index (κ1) is 19.3. The zero-order valence-electron chi connectivity index (χ0n) is 14.8. The Balaban J connectivity index is 1.81. The number of thiol groups is 1. The Morgan fingerprint density at radius 2 is 2.22 bits per heavy atom. The van der Waals surface area contributed by atoms with Gasteiger partial charge < -0.3 is 10.1 Å². The average molecular weight is 406 g/mol. The number of aromatic nitrogens is 2. The predicted molar refractivity (Wildman–Crippen MR) is 105 cm³/mol. The van der Waals surface area contributed by atoms with Crippen molar-refractivity contribution in [3.63, 3.8) is 0 Å². The molecule has 0 aromatic carbocycles. The fourth-order valence-electron chi connectivity index (χ4n) is 2.76. The van der Waals surface area contributed by atoms with Crippen LogP contribution in [0.2, 0.25) is 0 Å². The molecule has 8 nitrogen and oxygen atoms in total. The van der Waals surface area contributed by atoms with E-state index in [-0.39, 0.29) is 23.3 Å².